The Morgan fingerprint density at radius 1 is 1.25 bits per heavy atom. The highest BCUT2D eigenvalue weighted by Gasteiger charge is 2.26. The van der Waals surface area contributed by atoms with E-state index < -0.39 is 0 Å². The number of carbonyl (C=O) groups is 1. The molecule has 0 atom stereocenters. The minimum absolute atomic E-state index is 0.183. The maximum Gasteiger partial charge on any atom is 0.233 e. The van der Waals surface area contributed by atoms with Crippen LogP contribution in [-0.2, 0) is 24.8 Å². The fourth-order valence-electron chi connectivity index (χ4n) is 3.40. The minimum atomic E-state index is 0.183. The summed E-state index contributed by atoms with van der Waals surface area (Å²) in [5.74, 6) is 2.25. The zero-order chi connectivity index (χ0) is 16.5. The number of fused-ring (bicyclic) bond motifs is 1. The van der Waals surface area contributed by atoms with Gasteiger partial charge in [0.25, 0.3) is 0 Å². The third kappa shape index (κ3) is 2.95. The maximum absolute atomic E-state index is 12.5. The molecule has 1 aromatic carbocycles. The molecule has 1 aliphatic carbocycles. The van der Waals surface area contributed by atoms with Crippen LogP contribution < -0.4 is 0 Å². The molecule has 2 aliphatic rings. The molecular formula is C18H22N4OS. The van der Waals surface area contributed by atoms with Gasteiger partial charge in [0.2, 0.25) is 5.91 Å². The standard InChI is InChI=1S/C18H22N4OS/c1-21-17(14-7-4-8-14)19-20-18(21)24-12-16(23)22-10-9-13-5-2-3-6-15(13)11-22/h2-3,5-6,14H,4,7-12H2,1H3. The normalized spacial score (nSPS) is 17.5. The average Bonchev–Trinajstić information content (AvgIpc) is 2.91. The van der Waals surface area contributed by atoms with Crippen molar-refractivity contribution in [3.05, 3.63) is 41.2 Å². The third-order valence-corrected chi connectivity index (χ3v) is 6.15. The monoisotopic (exact) mass is 342 g/mol. The Bertz CT molecular complexity index is 753. The van der Waals surface area contributed by atoms with Crippen molar-refractivity contribution < 1.29 is 4.79 Å². The van der Waals surface area contributed by atoms with E-state index in [-0.39, 0.29) is 5.91 Å². The van der Waals surface area contributed by atoms with E-state index in [4.69, 9.17) is 0 Å². The fourth-order valence-corrected chi connectivity index (χ4v) is 4.22. The Morgan fingerprint density at radius 3 is 2.79 bits per heavy atom. The first-order valence-electron chi connectivity index (χ1n) is 8.59. The van der Waals surface area contributed by atoms with Crippen molar-refractivity contribution in [1.29, 1.82) is 0 Å². The molecule has 0 spiro atoms. The molecule has 2 heterocycles. The van der Waals surface area contributed by atoms with Crippen LogP contribution in [0.2, 0.25) is 0 Å². The Hall–Kier alpha value is -1.82. The Balaban J connectivity index is 1.36. The molecule has 1 fully saturated rings. The second-order valence-electron chi connectivity index (χ2n) is 6.65. The minimum Gasteiger partial charge on any atom is -0.337 e. The van der Waals surface area contributed by atoms with E-state index in [1.807, 2.05) is 18.0 Å². The second kappa shape index (κ2) is 6.59. The number of thioether (sulfide) groups is 1. The lowest BCUT2D eigenvalue weighted by atomic mass is 9.85. The quantitative estimate of drug-likeness (QED) is 0.802. The molecule has 0 N–H and O–H groups in total. The van der Waals surface area contributed by atoms with Gasteiger partial charge in [-0.3, -0.25) is 4.79 Å². The molecule has 2 aromatic rings. The largest absolute Gasteiger partial charge is 0.337 e. The van der Waals surface area contributed by atoms with E-state index in [9.17, 15) is 4.79 Å². The van der Waals surface area contributed by atoms with Gasteiger partial charge in [0, 0.05) is 26.1 Å². The summed E-state index contributed by atoms with van der Waals surface area (Å²) < 4.78 is 2.06. The van der Waals surface area contributed by atoms with Gasteiger partial charge in [0.05, 0.1) is 5.75 Å². The van der Waals surface area contributed by atoms with E-state index in [2.05, 4.69) is 33.0 Å². The molecule has 1 aliphatic heterocycles. The topological polar surface area (TPSA) is 51.0 Å². The molecule has 0 radical (unpaired) electrons. The van der Waals surface area contributed by atoms with Crippen molar-refractivity contribution in [1.82, 2.24) is 19.7 Å². The smallest absolute Gasteiger partial charge is 0.233 e. The van der Waals surface area contributed by atoms with Crippen molar-refractivity contribution in [3.8, 4) is 0 Å². The first kappa shape index (κ1) is 15.7. The van der Waals surface area contributed by atoms with Crippen molar-refractivity contribution >= 4 is 17.7 Å². The molecule has 4 rings (SSSR count). The van der Waals surface area contributed by atoms with Crippen LogP contribution in [0.1, 0.15) is 42.1 Å². The van der Waals surface area contributed by atoms with E-state index in [1.54, 1.807) is 0 Å². The van der Waals surface area contributed by atoms with Crippen LogP contribution in [0.4, 0.5) is 0 Å². The molecule has 5 nitrogen and oxygen atoms in total. The summed E-state index contributed by atoms with van der Waals surface area (Å²) in [6.07, 6.45) is 4.66. The average molecular weight is 342 g/mol. The van der Waals surface area contributed by atoms with Gasteiger partial charge in [-0.25, -0.2) is 0 Å². The first-order chi connectivity index (χ1) is 11.7. The highest BCUT2D eigenvalue weighted by molar-refractivity contribution is 7.99. The van der Waals surface area contributed by atoms with Crippen LogP contribution in [-0.4, -0.2) is 37.9 Å². The van der Waals surface area contributed by atoms with Crippen LogP contribution in [0.25, 0.3) is 0 Å². The van der Waals surface area contributed by atoms with Gasteiger partial charge >= 0.3 is 0 Å². The molecule has 1 saturated carbocycles. The predicted octanol–water partition coefficient (Wildman–Crippen LogP) is 2.76. The highest BCUT2D eigenvalue weighted by Crippen LogP contribution is 2.36. The molecule has 0 unspecified atom stereocenters. The SMILES string of the molecule is Cn1c(SCC(=O)N2CCc3ccccc3C2)nnc1C1CCC1. The molecule has 24 heavy (non-hydrogen) atoms. The lowest BCUT2D eigenvalue weighted by Crippen LogP contribution is -2.37. The van der Waals surface area contributed by atoms with E-state index in [1.165, 1.54) is 42.2 Å². The van der Waals surface area contributed by atoms with Crippen molar-refractivity contribution in [2.75, 3.05) is 12.3 Å². The zero-order valence-corrected chi connectivity index (χ0v) is 14.8. The number of hydrogen-bond donors (Lipinski definition) is 0. The fraction of sp³-hybridized carbons (Fsp3) is 0.500. The highest BCUT2D eigenvalue weighted by atomic mass is 32.2. The summed E-state index contributed by atoms with van der Waals surface area (Å²) in [5, 5.41) is 9.45. The van der Waals surface area contributed by atoms with Gasteiger partial charge in [-0.1, -0.05) is 42.4 Å². The number of rotatable bonds is 4. The molecule has 1 amide bonds. The second-order valence-corrected chi connectivity index (χ2v) is 7.59. The molecule has 6 heteroatoms. The summed E-state index contributed by atoms with van der Waals surface area (Å²) in [6, 6.07) is 8.39. The summed E-state index contributed by atoms with van der Waals surface area (Å²) in [4.78, 5) is 14.5. The van der Waals surface area contributed by atoms with Crippen molar-refractivity contribution in [2.24, 2.45) is 7.05 Å². The summed E-state index contributed by atoms with van der Waals surface area (Å²) in [7, 11) is 2.01. The van der Waals surface area contributed by atoms with Gasteiger partial charge in [-0.15, -0.1) is 10.2 Å². The van der Waals surface area contributed by atoms with Crippen LogP contribution in [0.5, 0.6) is 0 Å². The number of hydrogen-bond acceptors (Lipinski definition) is 4. The van der Waals surface area contributed by atoms with Crippen LogP contribution >= 0.6 is 11.8 Å². The summed E-state index contributed by atoms with van der Waals surface area (Å²) >= 11 is 1.50. The van der Waals surface area contributed by atoms with Gasteiger partial charge in [0.1, 0.15) is 5.82 Å². The number of aromatic nitrogens is 3. The Labute approximate surface area is 146 Å². The lowest BCUT2D eigenvalue weighted by molar-refractivity contribution is -0.129. The van der Waals surface area contributed by atoms with E-state index in [0.717, 1.165) is 30.5 Å². The molecule has 126 valence electrons. The molecule has 1 aromatic heterocycles. The van der Waals surface area contributed by atoms with Gasteiger partial charge in [0.15, 0.2) is 5.16 Å². The lowest BCUT2D eigenvalue weighted by Gasteiger charge is -2.28. The molecule has 0 saturated heterocycles. The van der Waals surface area contributed by atoms with Gasteiger partial charge in [-0.05, 0) is 30.4 Å². The number of amides is 1. The van der Waals surface area contributed by atoms with E-state index >= 15 is 0 Å². The predicted molar refractivity (Wildman–Crippen MR) is 93.9 cm³/mol. The number of benzene rings is 1. The Morgan fingerprint density at radius 2 is 2.04 bits per heavy atom. The van der Waals surface area contributed by atoms with Gasteiger partial charge < -0.3 is 9.47 Å². The van der Waals surface area contributed by atoms with E-state index in [0.29, 0.717) is 11.7 Å². The van der Waals surface area contributed by atoms with Crippen molar-refractivity contribution in [3.63, 3.8) is 0 Å². The molecular weight excluding hydrogens is 320 g/mol. The summed E-state index contributed by atoms with van der Waals surface area (Å²) in [6.45, 7) is 1.53. The van der Waals surface area contributed by atoms with Crippen LogP contribution in [0.15, 0.2) is 29.4 Å². The van der Waals surface area contributed by atoms with Crippen molar-refractivity contribution in [2.45, 2.75) is 43.3 Å². The zero-order valence-electron chi connectivity index (χ0n) is 13.9. The third-order valence-electron chi connectivity index (χ3n) is 5.15. The Kier molecular flexibility index (Phi) is 4.31. The number of carbonyl (C=O) groups excluding carboxylic acids is 1. The molecule has 0 bridgehead atoms. The van der Waals surface area contributed by atoms with Crippen LogP contribution in [0, 0.1) is 0 Å². The summed E-state index contributed by atoms with van der Waals surface area (Å²) in [5.41, 5.74) is 2.64. The maximum atomic E-state index is 12.5. The first-order valence-corrected chi connectivity index (χ1v) is 9.57. The van der Waals surface area contributed by atoms with Gasteiger partial charge in [-0.2, -0.15) is 0 Å². The van der Waals surface area contributed by atoms with Crippen LogP contribution in [0.3, 0.4) is 0 Å². The number of nitrogens with zero attached hydrogens (tertiary/aromatic N) is 4.